The molecule has 11 heavy (non-hydrogen) atoms. The second-order valence-electron chi connectivity index (χ2n) is 2.19. The topological polar surface area (TPSA) is 29.5 Å². The molecular formula is C6H11ClF2O2. The minimum Gasteiger partial charge on any atom is -0.385 e. The Morgan fingerprint density at radius 3 is 2.55 bits per heavy atom. The third kappa shape index (κ3) is 5.35. The van der Waals surface area contributed by atoms with Crippen molar-refractivity contribution in [1.29, 1.82) is 0 Å². The normalized spacial score (nSPS) is 15.0. The van der Waals surface area contributed by atoms with Gasteiger partial charge >= 0.3 is 5.38 Å². The van der Waals surface area contributed by atoms with Crippen molar-refractivity contribution >= 4 is 11.6 Å². The van der Waals surface area contributed by atoms with Crippen molar-refractivity contribution < 1.29 is 18.6 Å². The fourth-order valence-corrected chi connectivity index (χ4v) is 0.694. The van der Waals surface area contributed by atoms with Gasteiger partial charge in [0.15, 0.2) is 0 Å². The zero-order valence-electron chi connectivity index (χ0n) is 6.19. The van der Waals surface area contributed by atoms with Gasteiger partial charge in [0.05, 0.1) is 0 Å². The van der Waals surface area contributed by atoms with Crippen molar-refractivity contribution in [3.8, 4) is 0 Å². The van der Waals surface area contributed by atoms with Crippen molar-refractivity contribution in [3.05, 3.63) is 0 Å². The van der Waals surface area contributed by atoms with E-state index in [1.165, 1.54) is 7.11 Å². The molecule has 0 heterocycles. The van der Waals surface area contributed by atoms with Crippen LogP contribution in [0.25, 0.3) is 0 Å². The van der Waals surface area contributed by atoms with Crippen LogP contribution in [-0.2, 0) is 4.74 Å². The third-order valence-electron chi connectivity index (χ3n) is 1.20. The highest BCUT2D eigenvalue weighted by Gasteiger charge is 2.34. The van der Waals surface area contributed by atoms with E-state index in [0.29, 0.717) is 13.0 Å². The molecule has 0 aliphatic carbocycles. The summed E-state index contributed by atoms with van der Waals surface area (Å²) in [5.74, 6) is 0. The van der Waals surface area contributed by atoms with E-state index in [4.69, 9.17) is 5.11 Å². The number of aliphatic hydroxyl groups is 1. The highest BCUT2D eigenvalue weighted by molar-refractivity contribution is 6.22. The molecule has 0 fully saturated rings. The summed E-state index contributed by atoms with van der Waals surface area (Å²) in [6, 6.07) is 0. The van der Waals surface area contributed by atoms with Gasteiger partial charge in [0.25, 0.3) is 0 Å². The maximum Gasteiger partial charge on any atom is 0.347 e. The number of aliphatic hydroxyl groups excluding tert-OH is 1. The molecule has 0 rings (SSSR count). The molecule has 0 radical (unpaired) electrons. The molecule has 0 bridgehead atoms. The fourth-order valence-electron chi connectivity index (χ4n) is 0.585. The molecule has 68 valence electrons. The smallest absolute Gasteiger partial charge is 0.347 e. The molecule has 1 N–H and O–H groups in total. The average Bonchev–Trinajstić information content (AvgIpc) is 1.86. The first-order chi connectivity index (χ1) is 4.98. The van der Waals surface area contributed by atoms with Crippen LogP contribution in [0.15, 0.2) is 0 Å². The van der Waals surface area contributed by atoms with Crippen LogP contribution in [-0.4, -0.2) is 30.3 Å². The Balaban J connectivity index is 3.44. The second kappa shape index (κ2) is 4.85. The van der Waals surface area contributed by atoms with E-state index in [-0.39, 0.29) is 6.42 Å². The second-order valence-corrected chi connectivity index (χ2v) is 2.70. The SMILES string of the molecule is COCCCC(O)C(F)(F)Cl. The van der Waals surface area contributed by atoms with Crippen LogP contribution in [0.1, 0.15) is 12.8 Å². The maximum atomic E-state index is 12.0. The van der Waals surface area contributed by atoms with Crippen LogP contribution in [0, 0.1) is 0 Å². The van der Waals surface area contributed by atoms with Gasteiger partial charge in [0, 0.05) is 13.7 Å². The zero-order chi connectivity index (χ0) is 8.91. The van der Waals surface area contributed by atoms with Gasteiger partial charge in [-0.2, -0.15) is 8.78 Å². The predicted molar refractivity (Wildman–Crippen MR) is 37.9 cm³/mol. The fraction of sp³-hybridized carbons (Fsp3) is 1.00. The molecule has 0 aliphatic heterocycles. The van der Waals surface area contributed by atoms with Crippen molar-refractivity contribution in [2.45, 2.75) is 24.3 Å². The van der Waals surface area contributed by atoms with Crippen LogP contribution in [0.5, 0.6) is 0 Å². The standard InChI is InChI=1S/C6H11ClF2O2/c1-11-4-2-3-5(10)6(7,8)9/h5,10H,2-4H2,1H3. The van der Waals surface area contributed by atoms with Gasteiger partial charge in [-0.1, -0.05) is 0 Å². The number of rotatable bonds is 5. The molecule has 0 aromatic carbocycles. The van der Waals surface area contributed by atoms with E-state index in [1.807, 2.05) is 0 Å². The molecule has 2 nitrogen and oxygen atoms in total. The van der Waals surface area contributed by atoms with Crippen LogP contribution in [0.3, 0.4) is 0 Å². The molecule has 0 saturated carbocycles. The molecule has 1 atom stereocenters. The van der Waals surface area contributed by atoms with Crippen molar-refractivity contribution in [2.75, 3.05) is 13.7 Å². The van der Waals surface area contributed by atoms with E-state index >= 15 is 0 Å². The minimum atomic E-state index is -3.52. The molecule has 0 spiro atoms. The number of hydrogen-bond acceptors (Lipinski definition) is 2. The van der Waals surface area contributed by atoms with E-state index in [1.54, 1.807) is 0 Å². The highest BCUT2D eigenvalue weighted by Crippen LogP contribution is 2.26. The average molecular weight is 189 g/mol. The molecule has 1 unspecified atom stereocenters. The minimum absolute atomic E-state index is 0.0512. The van der Waals surface area contributed by atoms with Gasteiger partial charge in [-0.25, -0.2) is 0 Å². The summed E-state index contributed by atoms with van der Waals surface area (Å²) in [4.78, 5) is 0. The molecule has 5 heteroatoms. The van der Waals surface area contributed by atoms with Crippen molar-refractivity contribution in [2.24, 2.45) is 0 Å². The number of hydrogen-bond donors (Lipinski definition) is 1. The lowest BCUT2D eigenvalue weighted by Crippen LogP contribution is -2.27. The quantitative estimate of drug-likeness (QED) is 0.525. The van der Waals surface area contributed by atoms with Gasteiger partial charge in [-0.05, 0) is 24.4 Å². The number of halogens is 3. The largest absolute Gasteiger partial charge is 0.385 e. The summed E-state index contributed by atoms with van der Waals surface area (Å²) >= 11 is 4.54. The lowest BCUT2D eigenvalue weighted by atomic mass is 10.2. The van der Waals surface area contributed by atoms with E-state index in [0.717, 1.165) is 0 Å². The Kier molecular flexibility index (Phi) is 4.88. The molecule has 0 amide bonds. The van der Waals surface area contributed by atoms with Gasteiger partial charge in [-0.15, -0.1) is 0 Å². The Morgan fingerprint density at radius 2 is 2.18 bits per heavy atom. The van der Waals surface area contributed by atoms with Crippen LogP contribution in [0.2, 0.25) is 0 Å². The Hall–Kier alpha value is 0.0700. The molecular weight excluding hydrogens is 178 g/mol. The van der Waals surface area contributed by atoms with Crippen LogP contribution in [0.4, 0.5) is 8.78 Å². The Bertz CT molecular complexity index is 105. The van der Waals surface area contributed by atoms with Gasteiger partial charge < -0.3 is 9.84 Å². The highest BCUT2D eigenvalue weighted by atomic mass is 35.5. The summed E-state index contributed by atoms with van der Waals surface area (Å²) in [7, 11) is 1.46. The number of ether oxygens (including phenoxy) is 1. The molecule has 0 aliphatic rings. The third-order valence-corrected chi connectivity index (χ3v) is 1.46. The van der Waals surface area contributed by atoms with Crippen molar-refractivity contribution in [3.63, 3.8) is 0 Å². The first-order valence-corrected chi connectivity index (χ1v) is 3.60. The van der Waals surface area contributed by atoms with Crippen LogP contribution < -0.4 is 0 Å². The van der Waals surface area contributed by atoms with E-state index in [9.17, 15) is 8.78 Å². The summed E-state index contributed by atoms with van der Waals surface area (Å²) in [6.07, 6.45) is -1.45. The van der Waals surface area contributed by atoms with Crippen LogP contribution >= 0.6 is 11.6 Å². The first-order valence-electron chi connectivity index (χ1n) is 3.22. The molecule has 0 aromatic rings. The lowest BCUT2D eigenvalue weighted by Gasteiger charge is -2.14. The predicted octanol–water partition coefficient (Wildman–Crippen LogP) is 1.61. The summed E-state index contributed by atoms with van der Waals surface area (Å²) in [6.45, 7) is 0.351. The van der Waals surface area contributed by atoms with Crippen molar-refractivity contribution in [1.82, 2.24) is 0 Å². The summed E-state index contributed by atoms with van der Waals surface area (Å²) < 4.78 is 28.6. The van der Waals surface area contributed by atoms with E-state index in [2.05, 4.69) is 16.3 Å². The molecule has 0 saturated heterocycles. The van der Waals surface area contributed by atoms with E-state index < -0.39 is 11.5 Å². The van der Waals surface area contributed by atoms with Gasteiger partial charge in [0.2, 0.25) is 0 Å². The monoisotopic (exact) mass is 188 g/mol. The lowest BCUT2D eigenvalue weighted by molar-refractivity contribution is -0.0471. The van der Waals surface area contributed by atoms with Gasteiger partial charge in [-0.3, -0.25) is 0 Å². The summed E-state index contributed by atoms with van der Waals surface area (Å²) in [5.41, 5.74) is 0. The Labute approximate surface area is 69.1 Å². The maximum absolute atomic E-state index is 12.0. The van der Waals surface area contributed by atoms with Gasteiger partial charge in [0.1, 0.15) is 6.10 Å². The number of alkyl halides is 3. The Morgan fingerprint density at radius 1 is 1.64 bits per heavy atom. The molecule has 0 aromatic heterocycles. The summed E-state index contributed by atoms with van der Waals surface area (Å²) in [5, 5.41) is 5.15. The number of methoxy groups -OCH3 is 1. The first kappa shape index (κ1) is 11.1. The zero-order valence-corrected chi connectivity index (χ0v) is 6.94.